The van der Waals surface area contributed by atoms with Gasteiger partial charge in [-0.2, -0.15) is 0 Å². The van der Waals surface area contributed by atoms with E-state index >= 15 is 0 Å². The molecule has 0 aliphatic heterocycles. The van der Waals surface area contributed by atoms with Gasteiger partial charge in [-0.05, 0) is 99.7 Å². The Labute approximate surface area is 197 Å². The Balaban J connectivity index is 1.62. The molecule has 0 aromatic rings. The summed E-state index contributed by atoms with van der Waals surface area (Å²) in [5, 5.41) is 53.2. The van der Waals surface area contributed by atoms with Crippen LogP contribution in [0.3, 0.4) is 0 Å². The molecule has 6 heteroatoms. The van der Waals surface area contributed by atoms with E-state index in [0.717, 1.165) is 24.0 Å². The fourth-order valence-electron chi connectivity index (χ4n) is 7.70. The number of hydrogen-bond donors (Lipinski definition) is 5. The molecule has 33 heavy (non-hydrogen) atoms. The van der Waals surface area contributed by atoms with Crippen LogP contribution in [0.25, 0.3) is 0 Å². The van der Waals surface area contributed by atoms with Crippen molar-refractivity contribution in [3.05, 3.63) is 23.3 Å². The third-order valence-electron chi connectivity index (χ3n) is 9.79. The molecular weight excluding hydrogens is 420 g/mol. The largest absolute Gasteiger partial charge is 0.390 e. The zero-order valence-electron chi connectivity index (χ0n) is 20.7. The van der Waals surface area contributed by atoms with Crippen molar-refractivity contribution in [1.29, 1.82) is 0 Å². The molecule has 186 valence electrons. The molecule has 4 aliphatic rings. The highest BCUT2D eigenvalue weighted by atomic mass is 16.3. The van der Waals surface area contributed by atoms with Gasteiger partial charge in [-0.25, -0.2) is 0 Å². The van der Waals surface area contributed by atoms with Crippen molar-refractivity contribution in [2.24, 2.45) is 28.6 Å². The number of carbonyl (C=O) groups excluding carboxylic acids is 1. The van der Waals surface area contributed by atoms with Crippen molar-refractivity contribution in [2.45, 2.75) is 109 Å². The number of hydrogen-bond acceptors (Lipinski definition) is 6. The molecule has 5 N–H and O–H groups in total. The topological polar surface area (TPSA) is 118 Å². The van der Waals surface area contributed by atoms with E-state index in [4.69, 9.17) is 0 Å². The van der Waals surface area contributed by atoms with Crippen molar-refractivity contribution in [3.8, 4) is 0 Å². The smallest absolute Gasteiger partial charge is 0.159 e. The Bertz CT molecular complexity index is 866. The van der Waals surface area contributed by atoms with E-state index in [1.54, 1.807) is 26.8 Å². The molecule has 9 atom stereocenters. The van der Waals surface area contributed by atoms with Crippen molar-refractivity contribution < 1.29 is 30.3 Å². The Morgan fingerprint density at radius 3 is 2.42 bits per heavy atom. The van der Waals surface area contributed by atoms with Crippen molar-refractivity contribution in [2.75, 3.05) is 0 Å². The van der Waals surface area contributed by atoms with Gasteiger partial charge in [0.05, 0.1) is 29.5 Å². The molecule has 2 fully saturated rings. The number of ketones is 1. The van der Waals surface area contributed by atoms with Crippen molar-refractivity contribution >= 4 is 5.78 Å². The summed E-state index contributed by atoms with van der Waals surface area (Å²) in [6, 6.07) is 0. The molecule has 0 unspecified atom stereocenters. The van der Waals surface area contributed by atoms with Gasteiger partial charge >= 0.3 is 0 Å². The number of rotatable bonds is 5. The van der Waals surface area contributed by atoms with E-state index in [-0.39, 0.29) is 29.0 Å². The van der Waals surface area contributed by atoms with Gasteiger partial charge in [0.2, 0.25) is 0 Å². The van der Waals surface area contributed by atoms with Crippen LogP contribution in [0.5, 0.6) is 0 Å². The van der Waals surface area contributed by atoms with Crippen LogP contribution >= 0.6 is 0 Å². The molecule has 0 heterocycles. The van der Waals surface area contributed by atoms with E-state index in [1.807, 2.05) is 0 Å². The molecule has 0 radical (unpaired) electrons. The van der Waals surface area contributed by atoms with Gasteiger partial charge in [0.15, 0.2) is 5.78 Å². The maximum absolute atomic E-state index is 13.2. The van der Waals surface area contributed by atoms with E-state index < -0.39 is 34.9 Å². The molecule has 0 aromatic heterocycles. The number of allylic oxidation sites excluding steroid dienone is 4. The minimum Gasteiger partial charge on any atom is -0.390 e. The zero-order chi connectivity index (χ0) is 24.6. The maximum atomic E-state index is 13.2. The Morgan fingerprint density at radius 1 is 1.12 bits per heavy atom. The number of aliphatic hydroxyl groups excluding tert-OH is 3. The molecule has 0 amide bonds. The van der Waals surface area contributed by atoms with Gasteiger partial charge in [0.1, 0.15) is 0 Å². The predicted molar refractivity (Wildman–Crippen MR) is 125 cm³/mol. The summed E-state index contributed by atoms with van der Waals surface area (Å²) in [6.07, 6.45) is 4.99. The van der Waals surface area contributed by atoms with Crippen LogP contribution in [0.2, 0.25) is 0 Å². The Hall–Kier alpha value is -1.05. The van der Waals surface area contributed by atoms with Gasteiger partial charge < -0.3 is 25.5 Å². The fraction of sp³-hybridized carbons (Fsp3) is 0.815. The van der Waals surface area contributed by atoms with Gasteiger partial charge in [0.25, 0.3) is 0 Å². The average molecular weight is 463 g/mol. The summed E-state index contributed by atoms with van der Waals surface area (Å²) in [5.41, 5.74) is -0.864. The standard InChI is InChI=1S/C27H42O6/c1-24(2,32)10-9-23(31)27(5,33)22-7-6-16-15-12-19(28)18-13-20(29)21(30)14-26(18,4)17(15)8-11-25(16,22)3/h6,12,17-18,20-23,29-33H,7-11,13-14H2,1-5H3/t17-,18+,20+,21-,22-,23+,25+,26+,27+/m0/s1. The minimum atomic E-state index is -1.33. The molecule has 4 aliphatic carbocycles. The normalized spacial score (nSPS) is 43.6. The Morgan fingerprint density at radius 2 is 1.79 bits per heavy atom. The highest BCUT2D eigenvalue weighted by Gasteiger charge is 2.60. The first-order valence-corrected chi connectivity index (χ1v) is 12.6. The van der Waals surface area contributed by atoms with E-state index in [2.05, 4.69) is 19.9 Å². The SMILES string of the molecule is CC(C)(O)CC[C@@H](O)[C@](C)(O)[C@H]1CC=C2C3=CC(=O)[C@H]4C[C@@H](O)[C@@H](O)C[C@]4(C)[C@H]3CC[C@]21C. The summed E-state index contributed by atoms with van der Waals surface area (Å²) < 4.78 is 0. The molecule has 0 spiro atoms. The van der Waals surface area contributed by atoms with Crippen LogP contribution in [0.1, 0.15) is 79.6 Å². The highest BCUT2D eigenvalue weighted by Crippen LogP contribution is 2.65. The first-order valence-electron chi connectivity index (χ1n) is 12.6. The summed E-state index contributed by atoms with van der Waals surface area (Å²) in [5.74, 6) is -0.317. The summed E-state index contributed by atoms with van der Waals surface area (Å²) in [4.78, 5) is 13.2. The van der Waals surface area contributed by atoms with Crippen LogP contribution in [-0.4, -0.2) is 60.8 Å². The number of fused-ring (bicyclic) bond motifs is 5. The van der Waals surface area contributed by atoms with E-state index in [0.29, 0.717) is 32.1 Å². The minimum absolute atomic E-state index is 0.0280. The lowest BCUT2D eigenvalue weighted by atomic mass is 9.48. The predicted octanol–water partition coefficient (Wildman–Crippen LogP) is 2.66. The molecular formula is C27H42O6. The fourth-order valence-corrected chi connectivity index (χ4v) is 7.70. The second-order valence-electron chi connectivity index (χ2n) is 12.6. The number of carbonyl (C=O) groups is 1. The maximum Gasteiger partial charge on any atom is 0.159 e. The molecule has 2 saturated carbocycles. The second-order valence-corrected chi connectivity index (χ2v) is 12.6. The van der Waals surface area contributed by atoms with Crippen LogP contribution in [0.4, 0.5) is 0 Å². The molecule has 0 bridgehead atoms. The summed E-state index contributed by atoms with van der Waals surface area (Å²) in [6.45, 7) is 9.34. The van der Waals surface area contributed by atoms with Crippen LogP contribution in [0.15, 0.2) is 23.3 Å². The molecule has 4 rings (SSSR count). The summed E-state index contributed by atoms with van der Waals surface area (Å²) in [7, 11) is 0. The third-order valence-corrected chi connectivity index (χ3v) is 9.79. The lowest BCUT2D eigenvalue weighted by Gasteiger charge is -2.57. The average Bonchev–Trinajstić information content (AvgIpc) is 3.06. The lowest BCUT2D eigenvalue weighted by molar-refractivity contribution is -0.144. The van der Waals surface area contributed by atoms with Gasteiger partial charge in [-0.3, -0.25) is 4.79 Å². The Kier molecular flexibility index (Phi) is 6.07. The van der Waals surface area contributed by atoms with Crippen LogP contribution in [-0.2, 0) is 4.79 Å². The molecule has 0 aromatic carbocycles. The van der Waals surface area contributed by atoms with Crippen molar-refractivity contribution in [1.82, 2.24) is 0 Å². The van der Waals surface area contributed by atoms with Crippen LogP contribution in [0, 0.1) is 28.6 Å². The van der Waals surface area contributed by atoms with Gasteiger partial charge in [-0.1, -0.05) is 19.9 Å². The van der Waals surface area contributed by atoms with Gasteiger partial charge in [-0.15, -0.1) is 0 Å². The van der Waals surface area contributed by atoms with Gasteiger partial charge in [0, 0.05) is 11.8 Å². The zero-order valence-corrected chi connectivity index (χ0v) is 20.7. The molecule has 0 saturated heterocycles. The van der Waals surface area contributed by atoms with E-state index in [1.165, 1.54) is 0 Å². The van der Waals surface area contributed by atoms with Crippen molar-refractivity contribution in [3.63, 3.8) is 0 Å². The first kappa shape index (κ1) is 25.1. The highest BCUT2D eigenvalue weighted by molar-refractivity contribution is 5.95. The van der Waals surface area contributed by atoms with Crippen LogP contribution < -0.4 is 0 Å². The number of aliphatic hydroxyl groups is 5. The first-order chi connectivity index (χ1) is 15.1. The second kappa shape index (κ2) is 7.99. The quantitative estimate of drug-likeness (QED) is 0.429. The summed E-state index contributed by atoms with van der Waals surface area (Å²) >= 11 is 0. The van der Waals surface area contributed by atoms with E-state index in [9.17, 15) is 30.3 Å². The lowest BCUT2D eigenvalue weighted by Crippen LogP contribution is -2.56. The monoisotopic (exact) mass is 462 g/mol. The third kappa shape index (κ3) is 3.96. The molecule has 6 nitrogen and oxygen atoms in total.